The minimum Gasteiger partial charge on any atom is -0.465 e. The van der Waals surface area contributed by atoms with Crippen molar-refractivity contribution in [2.45, 2.75) is 25.7 Å². The number of thiophene rings is 1. The number of benzene rings is 1. The molecule has 0 aliphatic carbocycles. The highest BCUT2D eigenvalue weighted by Crippen LogP contribution is 2.38. The number of aryl methyl sites for hydroxylation is 1. The van der Waals surface area contributed by atoms with E-state index in [9.17, 15) is 10.1 Å². The third-order valence-electron chi connectivity index (χ3n) is 3.94. The molecule has 1 heterocycles. The Hall–Kier alpha value is -1.90. The summed E-state index contributed by atoms with van der Waals surface area (Å²) in [5.74, 6) is -0.453. The maximum atomic E-state index is 12.7. The summed E-state index contributed by atoms with van der Waals surface area (Å²) < 4.78 is 6.34. The van der Waals surface area contributed by atoms with E-state index in [-0.39, 0.29) is 6.61 Å². The number of carbonyl (C=O) groups is 1. The zero-order valence-corrected chi connectivity index (χ0v) is 14.9. The van der Waals surface area contributed by atoms with Gasteiger partial charge in [0, 0.05) is 10.3 Å². The molecule has 0 aliphatic heterocycles. The van der Waals surface area contributed by atoms with Crippen molar-refractivity contribution in [1.29, 1.82) is 5.26 Å². The van der Waals surface area contributed by atoms with E-state index in [0.717, 1.165) is 21.2 Å². The molecule has 5 heteroatoms. The fourth-order valence-electron chi connectivity index (χ4n) is 2.63. The van der Waals surface area contributed by atoms with Crippen LogP contribution in [0, 0.1) is 18.3 Å². The summed E-state index contributed by atoms with van der Waals surface area (Å²) in [7, 11) is 3.87. The van der Waals surface area contributed by atoms with Gasteiger partial charge in [0.25, 0.3) is 0 Å². The van der Waals surface area contributed by atoms with E-state index in [4.69, 9.17) is 4.74 Å². The summed E-state index contributed by atoms with van der Waals surface area (Å²) in [5.41, 5.74) is 0.622. The molecule has 0 saturated carbocycles. The van der Waals surface area contributed by atoms with Crippen LogP contribution in [0.25, 0.3) is 10.1 Å². The second kappa shape index (κ2) is 7.12. The van der Waals surface area contributed by atoms with Gasteiger partial charge in [0.05, 0.1) is 12.7 Å². The molecule has 0 unspecified atom stereocenters. The van der Waals surface area contributed by atoms with Crippen LogP contribution in [-0.4, -0.2) is 38.1 Å². The van der Waals surface area contributed by atoms with Crippen molar-refractivity contribution in [2.24, 2.45) is 0 Å². The van der Waals surface area contributed by atoms with Gasteiger partial charge in [-0.25, -0.2) is 4.79 Å². The quantitative estimate of drug-likeness (QED) is 0.761. The molecule has 0 aliphatic rings. The highest BCUT2D eigenvalue weighted by atomic mass is 32.1. The summed E-state index contributed by atoms with van der Waals surface area (Å²) in [6.45, 7) is 4.68. The Kier molecular flexibility index (Phi) is 5.40. The van der Waals surface area contributed by atoms with Crippen molar-refractivity contribution < 1.29 is 9.53 Å². The molecule has 122 valence electrons. The molecule has 1 aromatic carbocycles. The lowest BCUT2D eigenvalue weighted by molar-refractivity contribution is -0.148. The molecule has 4 nitrogen and oxygen atoms in total. The van der Waals surface area contributed by atoms with Crippen LogP contribution in [0.1, 0.15) is 24.5 Å². The Balaban J connectivity index is 2.61. The molecule has 0 spiro atoms. The summed E-state index contributed by atoms with van der Waals surface area (Å²) >= 11 is 1.56. The normalized spacial score (nSPS) is 13.7. The highest BCUT2D eigenvalue weighted by Gasteiger charge is 2.43. The summed E-state index contributed by atoms with van der Waals surface area (Å²) in [6.07, 6.45) is 0.412. The molecule has 0 saturated heterocycles. The van der Waals surface area contributed by atoms with Crippen molar-refractivity contribution >= 4 is 27.4 Å². The molecule has 2 aromatic rings. The van der Waals surface area contributed by atoms with Crippen LogP contribution in [0.3, 0.4) is 0 Å². The Morgan fingerprint density at radius 1 is 1.43 bits per heavy atom. The van der Waals surface area contributed by atoms with Gasteiger partial charge < -0.3 is 9.64 Å². The van der Waals surface area contributed by atoms with Crippen LogP contribution in [-0.2, 0) is 14.9 Å². The predicted octanol–water partition coefficient (Wildman–Crippen LogP) is 3.49. The summed E-state index contributed by atoms with van der Waals surface area (Å²) in [4.78, 5) is 14.7. The second-order valence-electron chi connectivity index (χ2n) is 5.94. The number of fused-ring (bicyclic) bond motifs is 1. The zero-order chi connectivity index (χ0) is 17.0. The number of ether oxygens (including phenoxy) is 1. The maximum Gasteiger partial charge on any atom is 0.331 e. The standard InChI is InChI=1S/C18H22N2O2S/c1-5-22-17(21)18(12-19,8-9-20(3)4)15-11-23-16-7-6-13(2)10-14(15)16/h6-7,10-11H,5,8-9H2,1-4H3/t18-/m0/s1. The Morgan fingerprint density at radius 3 is 2.78 bits per heavy atom. The van der Waals surface area contributed by atoms with Gasteiger partial charge in [-0.05, 0) is 57.7 Å². The molecule has 2 rings (SSSR count). The number of rotatable bonds is 6. The maximum absolute atomic E-state index is 12.7. The van der Waals surface area contributed by atoms with Crippen LogP contribution in [0.4, 0.5) is 0 Å². The van der Waals surface area contributed by atoms with Gasteiger partial charge in [0.15, 0.2) is 5.41 Å². The number of nitrogens with zero attached hydrogens (tertiary/aromatic N) is 2. The van der Waals surface area contributed by atoms with Gasteiger partial charge >= 0.3 is 5.97 Å². The molecule has 1 atom stereocenters. The number of esters is 1. The Labute approximate surface area is 141 Å². The molecule has 0 radical (unpaired) electrons. The second-order valence-corrected chi connectivity index (χ2v) is 6.85. The van der Waals surface area contributed by atoms with E-state index >= 15 is 0 Å². The van der Waals surface area contributed by atoms with Gasteiger partial charge in [-0.3, -0.25) is 0 Å². The van der Waals surface area contributed by atoms with E-state index in [1.54, 1.807) is 18.3 Å². The first kappa shape index (κ1) is 17.5. The van der Waals surface area contributed by atoms with Crippen molar-refractivity contribution in [2.75, 3.05) is 27.2 Å². The fraction of sp³-hybridized carbons (Fsp3) is 0.444. The van der Waals surface area contributed by atoms with Gasteiger partial charge in [-0.2, -0.15) is 5.26 Å². The molecule has 23 heavy (non-hydrogen) atoms. The topological polar surface area (TPSA) is 53.3 Å². The fourth-order valence-corrected chi connectivity index (χ4v) is 3.64. The largest absolute Gasteiger partial charge is 0.465 e. The Morgan fingerprint density at radius 2 is 2.17 bits per heavy atom. The number of hydrogen-bond donors (Lipinski definition) is 0. The van der Waals surface area contributed by atoms with Crippen molar-refractivity contribution in [3.8, 4) is 6.07 Å². The lowest BCUT2D eigenvalue weighted by Gasteiger charge is -2.26. The molecule has 0 fully saturated rings. The molecule has 0 bridgehead atoms. The molecule has 0 amide bonds. The zero-order valence-electron chi connectivity index (χ0n) is 14.0. The average Bonchev–Trinajstić information content (AvgIpc) is 2.92. The molecular formula is C18H22N2O2S. The first-order chi connectivity index (χ1) is 10.9. The van der Waals surface area contributed by atoms with E-state index in [1.807, 2.05) is 49.5 Å². The first-order valence-electron chi connectivity index (χ1n) is 7.66. The third kappa shape index (κ3) is 3.39. The third-order valence-corrected chi connectivity index (χ3v) is 4.90. The lowest BCUT2D eigenvalue weighted by atomic mass is 9.78. The summed E-state index contributed by atoms with van der Waals surface area (Å²) in [6, 6.07) is 8.40. The minimum absolute atomic E-state index is 0.269. The molecular weight excluding hydrogens is 308 g/mol. The highest BCUT2D eigenvalue weighted by molar-refractivity contribution is 7.17. The van der Waals surface area contributed by atoms with Crippen LogP contribution >= 0.6 is 11.3 Å². The van der Waals surface area contributed by atoms with E-state index in [2.05, 4.69) is 6.07 Å². The van der Waals surface area contributed by atoms with Crippen molar-refractivity contribution in [3.63, 3.8) is 0 Å². The van der Waals surface area contributed by atoms with E-state index in [0.29, 0.717) is 13.0 Å². The smallest absolute Gasteiger partial charge is 0.331 e. The van der Waals surface area contributed by atoms with Crippen molar-refractivity contribution in [1.82, 2.24) is 4.90 Å². The minimum atomic E-state index is -1.26. The number of carbonyl (C=O) groups excluding carboxylic acids is 1. The number of nitriles is 1. The van der Waals surface area contributed by atoms with Crippen LogP contribution < -0.4 is 0 Å². The average molecular weight is 330 g/mol. The monoisotopic (exact) mass is 330 g/mol. The molecule has 0 N–H and O–H groups in total. The summed E-state index contributed by atoms with van der Waals surface area (Å²) in [5, 5.41) is 12.8. The van der Waals surface area contributed by atoms with E-state index in [1.165, 1.54) is 0 Å². The Bertz CT molecular complexity index is 745. The predicted molar refractivity (Wildman–Crippen MR) is 93.7 cm³/mol. The van der Waals surface area contributed by atoms with Crippen LogP contribution in [0.15, 0.2) is 23.6 Å². The van der Waals surface area contributed by atoms with Crippen LogP contribution in [0.5, 0.6) is 0 Å². The van der Waals surface area contributed by atoms with Gasteiger partial charge in [0.1, 0.15) is 0 Å². The van der Waals surface area contributed by atoms with Gasteiger partial charge in [-0.1, -0.05) is 17.7 Å². The molecule has 1 aromatic heterocycles. The van der Waals surface area contributed by atoms with Crippen LogP contribution in [0.2, 0.25) is 0 Å². The van der Waals surface area contributed by atoms with E-state index < -0.39 is 11.4 Å². The first-order valence-corrected chi connectivity index (χ1v) is 8.54. The van der Waals surface area contributed by atoms with Gasteiger partial charge in [0.2, 0.25) is 0 Å². The SMILES string of the molecule is CCOC(=O)[C@](C#N)(CCN(C)C)c1csc2ccc(C)cc12. The number of hydrogen-bond acceptors (Lipinski definition) is 5. The van der Waals surface area contributed by atoms with Crippen molar-refractivity contribution in [3.05, 3.63) is 34.7 Å². The van der Waals surface area contributed by atoms with Gasteiger partial charge in [-0.15, -0.1) is 11.3 Å². The lowest BCUT2D eigenvalue weighted by Crippen LogP contribution is -2.38.